The summed E-state index contributed by atoms with van der Waals surface area (Å²) >= 11 is 10.1. The van der Waals surface area contributed by atoms with E-state index in [1.54, 1.807) is 0 Å². The van der Waals surface area contributed by atoms with Crippen molar-refractivity contribution in [2.45, 2.75) is 65.7 Å². The van der Waals surface area contributed by atoms with Gasteiger partial charge >= 0.3 is 0 Å². The zero-order valence-electron chi connectivity index (χ0n) is 26.7. The van der Waals surface area contributed by atoms with Crippen LogP contribution in [0, 0.1) is 18.8 Å². The summed E-state index contributed by atoms with van der Waals surface area (Å²) in [5.41, 5.74) is 17.2. The maximum absolute atomic E-state index is 5.11. The Morgan fingerprint density at radius 3 is 2.30 bits per heavy atom. The molecule has 0 heterocycles. The lowest BCUT2D eigenvalue weighted by Gasteiger charge is -2.16. The Kier molecular flexibility index (Phi) is 9.79. The normalized spacial score (nSPS) is 12.6. The number of aliphatic imine (C=N–C) groups is 2. The maximum Gasteiger partial charge on any atom is 0.0821 e. The first-order valence-corrected chi connectivity index (χ1v) is 16.9. The highest BCUT2D eigenvalue weighted by atomic mass is 32.1. The lowest BCUT2D eigenvalue weighted by Crippen LogP contribution is -1.95. The van der Waals surface area contributed by atoms with E-state index in [2.05, 4.69) is 126 Å². The Morgan fingerprint density at radius 1 is 0.761 bits per heavy atom. The summed E-state index contributed by atoms with van der Waals surface area (Å²) < 4.78 is 0. The van der Waals surface area contributed by atoms with Crippen molar-refractivity contribution in [1.29, 1.82) is 0 Å². The number of fused-ring (bicyclic) bond motifs is 2. The molecular weight excluding hydrogens is 597 g/mol. The Balaban J connectivity index is 1.41. The first-order valence-electron chi connectivity index (χ1n) is 16.1. The lowest BCUT2D eigenvalue weighted by molar-refractivity contribution is 0.717. The number of hydrogen-bond donors (Lipinski definition) is 0. The molecule has 6 rings (SSSR count). The molecule has 0 aliphatic heterocycles. The average Bonchev–Trinajstić information content (AvgIpc) is 3.68. The van der Waals surface area contributed by atoms with Crippen LogP contribution >= 0.6 is 24.4 Å². The molecule has 4 heteroatoms. The molecule has 0 unspecified atom stereocenters. The van der Waals surface area contributed by atoms with E-state index in [9.17, 15) is 0 Å². The molecule has 4 aromatic rings. The number of allylic oxidation sites excluding steroid dienone is 2. The van der Waals surface area contributed by atoms with Gasteiger partial charge in [0.15, 0.2) is 0 Å². The summed E-state index contributed by atoms with van der Waals surface area (Å²) in [6, 6.07) is 23.9. The Labute approximate surface area is 283 Å². The molecule has 0 bridgehead atoms. The van der Waals surface area contributed by atoms with Gasteiger partial charge in [0.05, 0.1) is 21.7 Å². The van der Waals surface area contributed by atoms with E-state index in [1.807, 2.05) is 6.07 Å². The fourth-order valence-corrected chi connectivity index (χ4v) is 6.87. The molecule has 0 N–H and O–H groups in total. The van der Waals surface area contributed by atoms with Crippen LogP contribution in [-0.2, 0) is 25.7 Å². The summed E-state index contributed by atoms with van der Waals surface area (Å²) in [5, 5.41) is 5.20. The molecule has 0 saturated carbocycles. The van der Waals surface area contributed by atoms with Crippen LogP contribution in [0.2, 0.25) is 0 Å². The molecule has 0 atom stereocenters. The standard InChI is InChI=1S/C42H36N2S2/c1-4-6-7-8-31-15-17-37(28(3)19-31)35-22-34-23-36(43-26-45)25-40(38(34)24-35)42-39-21-32(20-33(39)16-18-41(42)44-27-46)14-13-30-11-9-29(5-2)10-12-30/h9-12,15-20,23-25H,4-8,21-22H2,1-3H3. The van der Waals surface area contributed by atoms with Gasteiger partial charge in [-0.3, -0.25) is 0 Å². The predicted molar refractivity (Wildman–Crippen MR) is 202 cm³/mol. The van der Waals surface area contributed by atoms with Crippen molar-refractivity contribution >= 4 is 63.9 Å². The first-order chi connectivity index (χ1) is 22.5. The summed E-state index contributed by atoms with van der Waals surface area (Å²) in [6.45, 7) is 6.65. The van der Waals surface area contributed by atoms with Gasteiger partial charge in [0.1, 0.15) is 0 Å². The van der Waals surface area contributed by atoms with Gasteiger partial charge in [-0.1, -0.05) is 74.9 Å². The lowest BCUT2D eigenvalue weighted by atomic mass is 9.89. The van der Waals surface area contributed by atoms with Crippen LogP contribution in [0.1, 0.15) is 83.2 Å². The summed E-state index contributed by atoms with van der Waals surface area (Å²) in [5.74, 6) is 6.81. The van der Waals surface area contributed by atoms with Crippen molar-refractivity contribution in [1.82, 2.24) is 0 Å². The first kappa shape index (κ1) is 31.5. The number of unbranched alkanes of at least 4 members (excludes halogenated alkanes) is 2. The van der Waals surface area contributed by atoms with Gasteiger partial charge in [0.2, 0.25) is 0 Å². The maximum atomic E-state index is 5.11. The van der Waals surface area contributed by atoms with Crippen molar-refractivity contribution in [3.05, 3.63) is 122 Å². The van der Waals surface area contributed by atoms with E-state index in [4.69, 9.17) is 24.4 Å². The molecule has 0 amide bonds. The van der Waals surface area contributed by atoms with Crippen LogP contribution < -0.4 is 0 Å². The number of hydrogen-bond acceptors (Lipinski definition) is 4. The summed E-state index contributed by atoms with van der Waals surface area (Å²) in [4.78, 5) is 8.98. The van der Waals surface area contributed by atoms with Crippen LogP contribution in [-0.4, -0.2) is 10.3 Å². The van der Waals surface area contributed by atoms with Crippen molar-refractivity contribution in [2.75, 3.05) is 0 Å². The molecule has 0 saturated heterocycles. The summed E-state index contributed by atoms with van der Waals surface area (Å²) in [6.07, 6.45) is 12.0. The van der Waals surface area contributed by atoms with Crippen molar-refractivity contribution in [3.8, 4) is 23.0 Å². The zero-order chi connectivity index (χ0) is 32.0. The smallest absolute Gasteiger partial charge is 0.0821 e. The van der Waals surface area contributed by atoms with Gasteiger partial charge < -0.3 is 0 Å². The third-order valence-corrected chi connectivity index (χ3v) is 9.20. The predicted octanol–water partition coefficient (Wildman–Crippen LogP) is 11.5. The van der Waals surface area contributed by atoms with E-state index >= 15 is 0 Å². The zero-order valence-corrected chi connectivity index (χ0v) is 28.3. The third kappa shape index (κ3) is 6.70. The van der Waals surface area contributed by atoms with E-state index in [0.29, 0.717) is 0 Å². The SMILES string of the molecule is CCCCCc1ccc(C2=Cc3c(cc(N=C=S)cc3-c3c(N=C=S)ccc4c3CC(C#Cc3ccc(CC)cc3)=C4)C2)c(C)c1. The van der Waals surface area contributed by atoms with E-state index < -0.39 is 0 Å². The van der Waals surface area contributed by atoms with E-state index in [-0.39, 0.29) is 0 Å². The number of thiocarbonyl (C=S) groups is 2. The molecule has 2 nitrogen and oxygen atoms in total. The third-order valence-electron chi connectivity index (χ3n) is 9.02. The number of benzene rings is 4. The van der Waals surface area contributed by atoms with Gasteiger partial charge in [-0.05, 0) is 155 Å². The molecule has 46 heavy (non-hydrogen) atoms. The minimum atomic E-state index is 0.718. The van der Waals surface area contributed by atoms with Gasteiger partial charge in [-0.2, -0.15) is 9.98 Å². The van der Waals surface area contributed by atoms with Gasteiger partial charge in [0.25, 0.3) is 0 Å². The molecule has 226 valence electrons. The number of isothiocyanates is 2. The molecule has 4 aromatic carbocycles. The van der Waals surface area contributed by atoms with Crippen molar-refractivity contribution in [3.63, 3.8) is 0 Å². The largest absolute Gasteiger partial charge is 0.195 e. The number of rotatable bonds is 9. The van der Waals surface area contributed by atoms with Crippen LogP contribution in [0.5, 0.6) is 0 Å². The van der Waals surface area contributed by atoms with Gasteiger partial charge in [-0.25, -0.2) is 0 Å². The van der Waals surface area contributed by atoms with Crippen LogP contribution in [0.3, 0.4) is 0 Å². The summed E-state index contributed by atoms with van der Waals surface area (Å²) in [7, 11) is 0. The fourth-order valence-electron chi connectivity index (χ4n) is 6.67. The molecule has 0 aromatic heterocycles. The van der Waals surface area contributed by atoms with Crippen LogP contribution in [0.15, 0.2) is 82.3 Å². The highest BCUT2D eigenvalue weighted by molar-refractivity contribution is 7.78. The average molecular weight is 633 g/mol. The second-order valence-corrected chi connectivity index (χ2v) is 12.5. The number of nitrogens with zero attached hydrogens (tertiary/aromatic N) is 2. The quantitative estimate of drug-likeness (QED) is 0.0794. The molecule has 0 radical (unpaired) electrons. The highest BCUT2D eigenvalue weighted by Gasteiger charge is 2.26. The van der Waals surface area contributed by atoms with E-state index in [0.717, 1.165) is 64.9 Å². The Hall–Kier alpha value is -4.48. The van der Waals surface area contributed by atoms with Crippen LogP contribution in [0.4, 0.5) is 11.4 Å². The fraction of sp³-hybridized carbons (Fsp3) is 0.238. The molecule has 0 fully saturated rings. The van der Waals surface area contributed by atoms with E-state index in [1.165, 1.54) is 63.8 Å². The minimum absolute atomic E-state index is 0.718. The molecule has 2 aliphatic carbocycles. The highest BCUT2D eigenvalue weighted by Crippen LogP contribution is 2.47. The Bertz CT molecular complexity index is 2060. The topological polar surface area (TPSA) is 24.7 Å². The molecular formula is C42H36N2S2. The molecule has 0 spiro atoms. The van der Waals surface area contributed by atoms with Gasteiger partial charge in [-0.15, -0.1) is 0 Å². The van der Waals surface area contributed by atoms with Crippen molar-refractivity contribution in [2.24, 2.45) is 9.98 Å². The van der Waals surface area contributed by atoms with Crippen molar-refractivity contribution < 1.29 is 0 Å². The Morgan fingerprint density at radius 2 is 1.57 bits per heavy atom. The number of aryl methyl sites for hydroxylation is 3. The minimum Gasteiger partial charge on any atom is -0.195 e. The molecule has 2 aliphatic rings. The van der Waals surface area contributed by atoms with Crippen LogP contribution in [0.25, 0.3) is 28.9 Å². The monoisotopic (exact) mass is 632 g/mol. The van der Waals surface area contributed by atoms with Gasteiger partial charge in [0, 0.05) is 23.1 Å². The second kappa shape index (κ2) is 14.3. The second-order valence-electron chi connectivity index (χ2n) is 12.1.